The van der Waals surface area contributed by atoms with E-state index in [1.165, 1.54) is 6.08 Å². The summed E-state index contributed by atoms with van der Waals surface area (Å²) in [6.45, 7) is 0. The van der Waals surface area contributed by atoms with E-state index in [-0.39, 0.29) is 5.91 Å². The molecule has 154 valence electrons. The van der Waals surface area contributed by atoms with Gasteiger partial charge in [0.1, 0.15) is 0 Å². The summed E-state index contributed by atoms with van der Waals surface area (Å²) in [5, 5.41) is 2.95. The third-order valence-corrected chi connectivity index (χ3v) is 5.31. The monoisotopic (exact) mass is 421 g/mol. The summed E-state index contributed by atoms with van der Waals surface area (Å²) in [7, 11) is 4.66. The first-order valence-corrected chi connectivity index (χ1v) is 10.1. The third kappa shape index (κ3) is 5.36. The largest absolute Gasteiger partial charge is 0.493 e. The van der Waals surface area contributed by atoms with Crippen LogP contribution in [-0.4, -0.2) is 27.2 Å². The minimum atomic E-state index is -0.232. The first kappa shape index (κ1) is 21.3. The molecule has 0 radical (unpaired) electrons. The van der Waals surface area contributed by atoms with Gasteiger partial charge in [-0.25, -0.2) is 0 Å². The molecule has 0 aliphatic carbocycles. The maximum atomic E-state index is 12.5. The highest BCUT2D eigenvalue weighted by Crippen LogP contribution is 2.38. The predicted molar refractivity (Wildman–Crippen MR) is 121 cm³/mol. The van der Waals surface area contributed by atoms with E-state index >= 15 is 0 Å². The van der Waals surface area contributed by atoms with Gasteiger partial charge in [-0.3, -0.25) is 4.79 Å². The zero-order valence-corrected chi connectivity index (χ0v) is 17.9. The lowest BCUT2D eigenvalue weighted by Crippen LogP contribution is -2.08. The second-order valence-electron chi connectivity index (χ2n) is 6.19. The Morgan fingerprint density at radius 3 is 2.13 bits per heavy atom. The number of nitrogens with one attached hydrogen (secondary N) is 1. The zero-order chi connectivity index (χ0) is 21.3. The summed E-state index contributed by atoms with van der Waals surface area (Å²) in [6.07, 6.45) is 3.18. The van der Waals surface area contributed by atoms with E-state index in [4.69, 9.17) is 14.2 Å². The Morgan fingerprint density at radius 2 is 1.50 bits per heavy atom. The van der Waals surface area contributed by atoms with Crippen molar-refractivity contribution >= 4 is 29.4 Å². The molecule has 0 bridgehead atoms. The SMILES string of the molecule is COc1cc(C=CC(=O)Nc2ccccc2Sc2ccccc2)cc(OC)c1OC. The fraction of sp³-hybridized carbons (Fsp3) is 0.125. The van der Waals surface area contributed by atoms with Gasteiger partial charge in [0.25, 0.3) is 0 Å². The molecule has 3 rings (SSSR count). The lowest BCUT2D eigenvalue weighted by atomic mass is 10.1. The van der Waals surface area contributed by atoms with Gasteiger partial charge in [-0.2, -0.15) is 0 Å². The highest BCUT2D eigenvalue weighted by Gasteiger charge is 2.12. The molecule has 1 N–H and O–H groups in total. The van der Waals surface area contributed by atoms with Gasteiger partial charge < -0.3 is 19.5 Å². The molecular weight excluding hydrogens is 398 g/mol. The molecule has 6 heteroatoms. The summed E-state index contributed by atoms with van der Waals surface area (Å²) in [4.78, 5) is 14.6. The lowest BCUT2D eigenvalue weighted by molar-refractivity contribution is -0.111. The summed E-state index contributed by atoms with van der Waals surface area (Å²) < 4.78 is 16.0. The van der Waals surface area contributed by atoms with E-state index in [0.29, 0.717) is 17.2 Å². The number of hydrogen-bond acceptors (Lipinski definition) is 5. The number of amides is 1. The van der Waals surface area contributed by atoms with E-state index in [2.05, 4.69) is 5.32 Å². The number of rotatable bonds is 8. The molecular formula is C24H23NO4S. The van der Waals surface area contributed by atoms with Crippen LogP contribution in [0.2, 0.25) is 0 Å². The van der Waals surface area contributed by atoms with Crippen LogP contribution in [0.1, 0.15) is 5.56 Å². The molecule has 0 heterocycles. The van der Waals surface area contributed by atoms with Crippen molar-refractivity contribution in [1.29, 1.82) is 0 Å². The number of carbonyl (C=O) groups is 1. The molecule has 0 saturated carbocycles. The van der Waals surface area contributed by atoms with Crippen molar-refractivity contribution in [3.05, 3.63) is 78.4 Å². The average molecular weight is 422 g/mol. The smallest absolute Gasteiger partial charge is 0.248 e. The lowest BCUT2D eigenvalue weighted by Gasteiger charge is -2.13. The molecule has 0 atom stereocenters. The van der Waals surface area contributed by atoms with Crippen LogP contribution >= 0.6 is 11.8 Å². The molecule has 3 aromatic rings. The molecule has 5 nitrogen and oxygen atoms in total. The number of ether oxygens (including phenoxy) is 3. The van der Waals surface area contributed by atoms with E-state index in [0.717, 1.165) is 21.0 Å². The van der Waals surface area contributed by atoms with Crippen LogP contribution in [0.15, 0.2) is 82.6 Å². The third-order valence-electron chi connectivity index (χ3n) is 4.23. The predicted octanol–water partition coefficient (Wildman–Crippen LogP) is 5.52. The Hall–Kier alpha value is -3.38. The molecule has 0 unspecified atom stereocenters. The normalized spacial score (nSPS) is 10.6. The van der Waals surface area contributed by atoms with Crippen LogP contribution in [0.5, 0.6) is 17.2 Å². The van der Waals surface area contributed by atoms with Gasteiger partial charge in [-0.1, -0.05) is 42.1 Å². The quantitative estimate of drug-likeness (QED) is 0.486. The maximum Gasteiger partial charge on any atom is 0.248 e. The van der Waals surface area contributed by atoms with Crippen molar-refractivity contribution in [2.75, 3.05) is 26.6 Å². The van der Waals surface area contributed by atoms with E-state index in [9.17, 15) is 4.79 Å². The van der Waals surface area contributed by atoms with Crippen LogP contribution in [-0.2, 0) is 4.79 Å². The fourth-order valence-corrected chi connectivity index (χ4v) is 3.74. The van der Waals surface area contributed by atoms with Gasteiger partial charge in [-0.15, -0.1) is 0 Å². The molecule has 3 aromatic carbocycles. The number of hydrogen-bond donors (Lipinski definition) is 1. The van der Waals surface area contributed by atoms with Crippen molar-refractivity contribution in [3.63, 3.8) is 0 Å². The van der Waals surface area contributed by atoms with Gasteiger partial charge >= 0.3 is 0 Å². The van der Waals surface area contributed by atoms with Gasteiger partial charge in [0, 0.05) is 15.9 Å². The minimum Gasteiger partial charge on any atom is -0.493 e. The molecule has 0 spiro atoms. The Morgan fingerprint density at radius 1 is 0.867 bits per heavy atom. The Kier molecular flexibility index (Phi) is 7.40. The van der Waals surface area contributed by atoms with Gasteiger partial charge in [-0.05, 0) is 48.0 Å². The van der Waals surface area contributed by atoms with Crippen molar-refractivity contribution in [3.8, 4) is 17.2 Å². The number of methoxy groups -OCH3 is 3. The minimum absolute atomic E-state index is 0.232. The van der Waals surface area contributed by atoms with Crippen LogP contribution in [0, 0.1) is 0 Å². The standard InChI is InChI=1S/C24H23NO4S/c1-27-20-15-17(16-21(28-2)24(20)29-3)13-14-23(26)25-19-11-7-8-12-22(19)30-18-9-5-4-6-10-18/h4-16H,1-3H3,(H,25,26). The molecule has 0 fully saturated rings. The highest BCUT2D eigenvalue weighted by molar-refractivity contribution is 7.99. The summed E-state index contributed by atoms with van der Waals surface area (Å²) >= 11 is 1.60. The van der Waals surface area contributed by atoms with Crippen LogP contribution in [0.3, 0.4) is 0 Å². The Labute approximate surface area is 180 Å². The highest BCUT2D eigenvalue weighted by atomic mass is 32.2. The Bertz CT molecular complexity index is 1010. The van der Waals surface area contributed by atoms with Gasteiger partial charge in [0.15, 0.2) is 11.5 Å². The molecule has 30 heavy (non-hydrogen) atoms. The second-order valence-corrected chi connectivity index (χ2v) is 7.31. The average Bonchev–Trinajstić information content (AvgIpc) is 2.78. The van der Waals surface area contributed by atoms with Gasteiger partial charge in [0.05, 0.1) is 27.0 Å². The van der Waals surface area contributed by atoms with Crippen molar-refractivity contribution in [2.24, 2.45) is 0 Å². The number of anilines is 1. The topological polar surface area (TPSA) is 56.8 Å². The molecule has 0 aliphatic heterocycles. The van der Waals surface area contributed by atoms with Crippen molar-refractivity contribution in [2.45, 2.75) is 9.79 Å². The van der Waals surface area contributed by atoms with Crippen LogP contribution in [0.4, 0.5) is 5.69 Å². The first-order chi connectivity index (χ1) is 14.6. The van der Waals surface area contributed by atoms with Crippen LogP contribution in [0.25, 0.3) is 6.08 Å². The van der Waals surface area contributed by atoms with Gasteiger partial charge in [0.2, 0.25) is 11.7 Å². The Balaban J connectivity index is 1.76. The number of benzene rings is 3. The molecule has 0 saturated heterocycles. The van der Waals surface area contributed by atoms with E-state index in [1.54, 1.807) is 51.3 Å². The summed E-state index contributed by atoms with van der Waals surface area (Å²) in [5.74, 6) is 1.33. The second kappa shape index (κ2) is 10.4. The number of carbonyl (C=O) groups excluding carboxylic acids is 1. The number of para-hydroxylation sites is 1. The molecule has 0 aliphatic rings. The first-order valence-electron chi connectivity index (χ1n) is 9.25. The molecule has 0 aromatic heterocycles. The molecule has 1 amide bonds. The zero-order valence-electron chi connectivity index (χ0n) is 17.0. The van der Waals surface area contributed by atoms with Crippen molar-refractivity contribution < 1.29 is 19.0 Å². The van der Waals surface area contributed by atoms with Crippen molar-refractivity contribution in [1.82, 2.24) is 0 Å². The van der Waals surface area contributed by atoms with Crippen LogP contribution < -0.4 is 19.5 Å². The van der Waals surface area contributed by atoms with E-state index in [1.807, 2.05) is 54.6 Å². The fourth-order valence-electron chi connectivity index (χ4n) is 2.82. The summed E-state index contributed by atoms with van der Waals surface area (Å²) in [5.41, 5.74) is 1.51. The van der Waals surface area contributed by atoms with E-state index < -0.39 is 0 Å². The maximum absolute atomic E-state index is 12.5. The summed E-state index contributed by atoms with van der Waals surface area (Å²) in [6, 6.07) is 21.3.